The summed E-state index contributed by atoms with van der Waals surface area (Å²) in [4.78, 5) is 23.9. The number of rotatable bonds is 2. The highest BCUT2D eigenvalue weighted by Gasteiger charge is 2.59. The van der Waals surface area contributed by atoms with Crippen molar-refractivity contribution in [3.8, 4) is 0 Å². The van der Waals surface area contributed by atoms with Gasteiger partial charge in [-0.25, -0.2) is 0 Å². The number of hydrogen-bond donors (Lipinski definition) is 1. The van der Waals surface area contributed by atoms with Gasteiger partial charge in [0, 0.05) is 30.6 Å². The number of ether oxygens (including phenoxy) is 1. The Balaban J connectivity index is 1.67. The predicted molar refractivity (Wildman–Crippen MR) is 96.9 cm³/mol. The Hall–Kier alpha value is -1.65. The van der Waals surface area contributed by atoms with Crippen molar-refractivity contribution in [1.29, 1.82) is 0 Å². The van der Waals surface area contributed by atoms with Crippen molar-refractivity contribution in [2.24, 2.45) is 33.7 Å². The molecule has 142 valence electrons. The number of carbonyl (C=O) groups excluding carboxylic acids is 2. The SMILES string of the molecule is CC(=O)O[C@@H]1CC[C@]2(/C=N\O)C(=CC[C@H]3[C@H]4CCC(=O)[C@]4(C)CC[C@H]32)C1. The zero-order chi connectivity index (χ0) is 18.5. The molecule has 5 nitrogen and oxygen atoms in total. The molecule has 0 amide bonds. The van der Waals surface area contributed by atoms with Gasteiger partial charge in [-0.3, -0.25) is 9.59 Å². The van der Waals surface area contributed by atoms with Crippen LogP contribution in [0.15, 0.2) is 16.8 Å². The van der Waals surface area contributed by atoms with Gasteiger partial charge in [0.15, 0.2) is 0 Å². The molecule has 26 heavy (non-hydrogen) atoms. The first-order valence-corrected chi connectivity index (χ1v) is 9.99. The highest BCUT2D eigenvalue weighted by atomic mass is 16.5. The van der Waals surface area contributed by atoms with Gasteiger partial charge in [0.25, 0.3) is 0 Å². The fourth-order valence-electron chi connectivity index (χ4n) is 6.78. The summed E-state index contributed by atoms with van der Waals surface area (Å²) in [6, 6.07) is 0. The van der Waals surface area contributed by atoms with Crippen molar-refractivity contribution in [3.63, 3.8) is 0 Å². The van der Waals surface area contributed by atoms with E-state index in [1.165, 1.54) is 12.5 Å². The smallest absolute Gasteiger partial charge is 0.302 e. The zero-order valence-corrected chi connectivity index (χ0v) is 15.7. The summed E-state index contributed by atoms with van der Waals surface area (Å²) in [7, 11) is 0. The van der Waals surface area contributed by atoms with Crippen LogP contribution in [-0.2, 0) is 14.3 Å². The van der Waals surface area contributed by atoms with Crippen LogP contribution in [0.5, 0.6) is 0 Å². The van der Waals surface area contributed by atoms with Crippen LogP contribution >= 0.6 is 0 Å². The molecule has 0 unspecified atom stereocenters. The second-order valence-electron chi connectivity index (χ2n) is 9.02. The summed E-state index contributed by atoms with van der Waals surface area (Å²) >= 11 is 0. The predicted octanol–water partition coefficient (Wildman–Crippen LogP) is 3.89. The van der Waals surface area contributed by atoms with Crippen molar-refractivity contribution < 1.29 is 19.5 Å². The van der Waals surface area contributed by atoms with Gasteiger partial charge in [-0.2, -0.15) is 0 Å². The summed E-state index contributed by atoms with van der Waals surface area (Å²) in [6.07, 6.45) is 11.0. The molecule has 0 heterocycles. The van der Waals surface area contributed by atoms with Gasteiger partial charge in [0.1, 0.15) is 11.9 Å². The maximum Gasteiger partial charge on any atom is 0.302 e. The molecule has 1 N–H and O–H groups in total. The Labute approximate surface area is 154 Å². The van der Waals surface area contributed by atoms with E-state index in [1.807, 2.05) is 0 Å². The molecule has 0 aliphatic heterocycles. The van der Waals surface area contributed by atoms with Gasteiger partial charge in [0.05, 0.1) is 6.21 Å². The molecule has 0 radical (unpaired) electrons. The Kier molecular flexibility index (Phi) is 4.24. The van der Waals surface area contributed by atoms with E-state index >= 15 is 0 Å². The Morgan fingerprint density at radius 2 is 2.12 bits per heavy atom. The van der Waals surface area contributed by atoms with Crippen LogP contribution < -0.4 is 0 Å². The highest BCUT2D eigenvalue weighted by molar-refractivity contribution is 5.87. The molecule has 0 aromatic rings. The number of oxime groups is 1. The van der Waals surface area contributed by atoms with Crippen LogP contribution in [0, 0.1) is 28.6 Å². The fraction of sp³-hybridized carbons (Fsp3) is 0.762. The first-order valence-electron chi connectivity index (χ1n) is 9.99. The van der Waals surface area contributed by atoms with Gasteiger partial charge < -0.3 is 9.94 Å². The summed E-state index contributed by atoms with van der Waals surface area (Å²) in [5.74, 6) is 1.55. The largest absolute Gasteiger partial charge is 0.462 e. The summed E-state index contributed by atoms with van der Waals surface area (Å²) < 4.78 is 5.47. The van der Waals surface area contributed by atoms with Crippen molar-refractivity contribution in [3.05, 3.63) is 11.6 Å². The van der Waals surface area contributed by atoms with E-state index < -0.39 is 0 Å². The quantitative estimate of drug-likeness (QED) is 0.267. The Morgan fingerprint density at radius 3 is 2.85 bits per heavy atom. The highest BCUT2D eigenvalue weighted by Crippen LogP contribution is 2.63. The minimum Gasteiger partial charge on any atom is -0.462 e. The van der Waals surface area contributed by atoms with Crippen molar-refractivity contribution >= 4 is 18.0 Å². The van der Waals surface area contributed by atoms with E-state index in [-0.39, 0.29) is 22.9 Å². The number of nitrogens with zero attached hydrogens (tertiary/aromatic N) is 1. The molecule has 0 saturated heterocycles. The standard InChI is InChI=1S/C21H29NO4/c1-13(23)26-15-7-10-21(12-22-25)14(11-15)3-4-16-17-5-6-19(24)20(17,2)9-8-18(16)21/h3,12,15-18,25H,4-11H2,1-2H3/b22-12-/t15-,16+,17-,18-,20-,21+/m1/s1. The summed E-state index contributed by atoms with van der Waals surface area (Å²) in [5, 5.41) is 12.9. The molecule has 0 aromatic heterocycles. The first kappa shape index (κ1) is 17.7. The lowest BCUT2D eigenvalue weighted by atomic mass is 9.48. The van der Waals surface area contributed by atoms with Crippen LogP contribution in [0.25, 0.3) is 0 Å². The Morgan fingerprint density at radius 1 is 1.31 bits per heavy atom. The van der Waals surface area contributed by atoms with E-state index in [0.29, 0.717) is 23.5 Å². The molecule has 0 aromatic carbocycles. The molecule has 0 bridgehead atoms. The van der Waals surface area contributed by atoms with Crippen LogP contribution in [0.1, 0.15) is 65.2 Å². The minimum absolute atomic E-state index is 0.0718. The maximum absolute atomic E-state index is 12.5. The van der Waals surface area contributed by atoms with Gasteiger partial charge in [-0.1, -0.05) is 18.6 Å². The third kappa shape index (κ3) is 2.46. The molecule has 4 aliphatic carbocycles. The molecule has 3 fully saturated rings. The van der Waals surface area contributed by atoms with E-state index in [1.54, 1.807) is 6.21 Å². The number of carbonyl (C=O) groups is 2. The monoisotopic (exact) mass is 359 g/mol. The van der Waals surface area contributed by atoms with Crippen LogP contribution in [0.2, 0.25) is 0 Å². The number of esters is 1. The van der Waals surface area contributed by atoms with Crippen LogP contribution in [-0.4, -0.2) is 29.3 Å². The lowest BCUT2D eigenvalue weighted by Crippen LogP contribution is -2.52. The normalized spacial score (nSPS) is 44.8. The second kappa shape index (κ2) is 6.21. The number of hydrogen-bond acceptors (Lipinski definition) is 5. The van der Waals surface area contributed by atoms with Gasteiger partial charge in [-0.15, -0.1) is 5.16 Å². The third-order valence-electron chi connectivity index (χ3n) is 7.99. The number of fused-ring (bicyclic) bond motifs is 5. The van der Waals surface area contributed by atoms with Crippen molar-refractivity contribution in [2.75, 3.05) is 0 Å². The van der Waals surface area contributed by atoms with Gasteiger partial charge in [-0.05, 0) is 56.3 Å². The topological polar surface area (TPSA) is 76.0 Å². The molecule has 6 atom stereocenters. The second-order valence-corrected chi connectivity index (χ2v) is 9.02. The number of Topliss-reactive ketones (excluding diaryl/α,β-unsaturated/α-hetero) is 1. The first-order chi connectivity index (χ1) is 12.4. The molecular formula is C21H29NO4. The van der Waals surface area contributed by atoms with Gasteiger partial charge >= 0.3 is 5.97 Å². The molecule has 0 spiro atoms. The Bertz CT molecular complexity index is 683. The minimum atomic E-state index is -0.235. The summed E-state index contributed by atoms with van der Waals surface area (Å²) in [6.45, 7) is 3.63. The van der Waals surface area contributed by atoms with Crippen LogP contribution in [0.4, 0.5) is 0 Å². The van der Waals surface area contributed by atoms with E-state index in [0.717, 1.165) is 51.4 Å². The van der Waals surface area contributed by atoms with Crippen molar-refractivity contribution in [1.82, 2.24) is 0 Å². The summed E-state index contributed by atoms with van der Waals surface area (Å²) in [5.41, 5.74) is 0.877. The average Bonchev–Trinajstić information content (AvgIpc) is 2.90. The molecular weight excluding hydrogens is 330 g/mol. The molecule has 5 heteroatoms. The van der Waals surface area contributed by atoms with Crippen LogP contribution in [0.3, 0.4) is 0 Å². The number of allylic oxidation sites excluding steroid dienone is 1. The molecule has 3 saturated carbocycles. The van der Waals surface area contributed by atoms with E-state index in [4.69, 9.17) is 4.74 Å². The fourth-order valence-corrected chi connectivity index (χ4v) is 6.78. The zero-order valence-electron chi connectivity index (χ0n) is 15.7. The van der Waals surface area contributed by atoms with E-state index in [9.17, 15) is 14.8 Å². The molecule has 4 aliphatic rings. The van der Waals surface area contributed by atoms with E-state index in [2.05, 4.69) is 18.2 Å². The number of ketones is 1. The van der Waals surface area contributed by atoms with Crippen molar-refractivity contribution in [2.45, 2.75) is 71.3 Å². The van der Waals surface area contributed by atoms with Gasteiger partial charge in [0.2, 0.25) is 0 Å². The third-order valence-corrected chi connectivity index (χ3v) is 7.99. The lowest BCUT2D eigenvalue weighted by Gasteiger charge is -2.56. The maximum atomic E-state index is 12.5. The average molecular weight is 359 g/mol. The lowest BCUT2D eigenvalue weighted by molar-refractivity contribution is -0.148. The molecule has 4 rings (SSSR count).